The minimum Gasteiger partial charge on any atom is -0.337 e. The zero-order valence-electron chi connectivity index (χ0n) is 13.2. The molecule has 0 bridgehead atoms. The number of aryl methyl sites for hydroxylation is 1. The van der Waals surface area contributed by atoms with E-state index in [0.717, 1.165) is 17.4 Å². The Labute approximate surface area is 132 Å². The topological polar surface area (TPSA) is 103 Å². The third kappa shape index (κ3) is 2.55. The van der Waals surface area contributed by atoms with Gasteiger partial charge in [0.15, 0.2) is 0 Å². The Morgan fingerprint density at radius 1 is 1.30 bits per heavy atom. The predicted molar refractivity (Wildman–Crippen MR) is 85.3 cm³/mol. The fourth-order valence-corrected chi connectivity index (χ4v) is 2.96. The molecular weight excluding hydrogens is 298 g/mol. The van der Waals surface area contributed by atoms with Gasteiger partial charge in [0.2, 0.25) is 0 Å². The van der Waals surface area contributed by atoms with Crippen LogP contribution in [0, 0.1) is 0 Å². The van der Waals surface area contributed by atoms with E-state index in [0.29, 0.717) is 18.7 Å². The Kier molecular flexibility index (Phi) is 3.77. The Morgan fingerprint density at radius 3 is 2.74 bits per heavy atom. The van der Waals surface area contributed by atoms with Crippen molar-refractivity contribution in [2.75, 3.05) is 13.1 Å². The third-order valence-electron chi connectivity index (χ3n) is 4.29. The smallest absolute Gasteiger partial charge is 0.332 e. The number of nitrogens with zero attached hydrogens (tertiary/aromatic N) is 4. The predicted octanol–water partition coefficient (Wildman–Crippen LogP) is -0.804. The maximum absolute atomic E-state index is 12.6. The summed E-state index contributed by atoms with van der Waals surface area (Å²) in [5, 5.41) is 0.252. The van der Waals surface area contributed by atoms with Gasteiger partial charge in [-0.3, -0.25) is 18.7 Å². The van der Waals surface area contributed by atoms with Crippen LogP contribution in [0.2, 0.25) is 0 Å². The molecule has 1 atom stereocenters. The van der Waals surface area contributed by atoms with Gasteiger partial charge >= 0.3 is 5.69 Å². The van der Waals surface area contributed by atoms with Gasteiger partial charge in [-0.25, -0.2) is 9.78 Å². The average Bonchev–Trinajstić information content (AvgIpc) is 2.57. The van der Waals surface area contributed by atoms with Crippen molar-refractivity contribution in [3.8, 4) is 0 Å². The zero-order chi connectivity index (χ0) is 16.7. The Hall–Kier alpha value is -2.48. The van der Waals surface area contributed by atoms with Gasteiger partial charge in [0.05, 0.1) is 10.9 Å². The molecule has 3 rings (SSSR count). The van der Waals surface area contributed by atoms with Crippen molar-refractivity contribution in [3.63, 3.8) is 0 Å². The van der Waals surface area contributed by atoms with Crippen molar-refractivity contribution < 1.29 is 4.79 Å². The Balaban J connectivity index is 2.08. The van der Waals surface area contributed by atoms with E-state index in [9.17, 15) is 14.4 Å². The highest BCUT2D eigenvalue weighted by Crippen LogP contribution is 2.14. The third-order valence-corrected chi connectivity index (χ3v) is 4.29. The van der Waals surface area contributed by atoms with E-state index in [1.807, 2.05) is 0 Å². The molecule has 2 aromatic rings. The first kappa shape index (κ1) is 15.4. The molecule has 1 amide bonds. The zero-order valence-corrected chi connectivity index (χ0v) is 13.2. The molecule has 1 aliphatic rings. The van der Waals surface area contributed by atoms with Crippen molar-refractivity contribution in [2.24, 2.45) is 19.8 Å². The molecule has 0 aliphatic carbocycles. The summed E-state index contributed by atoms with van der Waals surface area (Å²) < 4.78 is 2.30. The molecular formula is C15H19N5O3. The van der Waals surface area contributed by atoms with Crippen LogP contribution in [0.5, 0.6) is 0 Å². The standard InChI is InChI=1S/C15H19N5O3/c1-18-12-11(14(22)19(2)15(18)23)6-9(7-17-12)13(21)20-5-3-4-10(16)8-20/h6-7,10H,3-5,8,16H2,1-2H3. The van der Waals surface area contributed by atoms with Crippen molar-refractivity contribution in [1.82, 2.24) is 19.0 Å². The molecule has 1 unspecified atom stereocenters. The summed E-state index contributed by atoms with van der Waals surface area (Å²) in [6.07, 6.45) is 3.18. The van der Waals surface area contributed by atoms with Crippen molar-refractivity contribution in [2.45, 2.75) is 18.9 Å². The van der Waals surface area contributed by atoms with Crippen molar-refractivity contribution in [1.29, 1.82) is 0 Å². The van der Waals surface area contributed by atoms with Gasteiger partial charge in [0.25, 0.3) is 11.5 Å². The summed E-state index contributed by atoms with van der Waals surface area (Å²) in [5.74, 6) is -0.189. The summed E-state index contributed by atoms with van der Waals surface area (Å²) in [7, 11) is 2.95. The number of aromatic nitrogens is 3. The molecule has 8 heteroatoms. The number of likely N-dealkylation sites (tertiary alicyclic amines) is 1. The molecule has 2 N–H and O–H groups in total. The lowest BCUT2D eigenvalue weighted by atomic mass is 10.1. The number of carbonyl (C=O) groups excluding carboxylic acids is 1. The van der Waals surface area contributed by atoms with Gasteiger partial charge in [-0.1, -0.05) is 0 Å². The minimum atomic E-state index is -0.458. The Morgan fingerprint density at radius 2 is 2.04 bits per heavy atom. The normalized spacial score (nSPS) is 18.4. The van der Waals surface area contributed by atoms with Crippen LogP contribution in [0.25, 0.3) is 11.0 Å². The summed E-state index contributed by atoms with van der Waals surface area (Å²) in [5.41, 5.74) is 5.61. The van der Waals surface area contributed by atoms with E-state index in [4.69, 9.17) is 5.73 Å². The van der Waals surface area contributed by atoms with Crippen LogP contribution in [0.3, 0.4) is 0 Å². The van der Waals surface area contributed by atoms with E-state index in [1.165, 1.54) is 23.9 Å². The number of nitrogens with two attached hydrogens (primary N) is 1. The SMILES string of the molecule is Cn1c(=O)c2cc(C(=O)N3CCCC(N)C3)cnc2n(C)c1=O. The first-order valence-corrected chi connectivity index (χ1v) is 7.50. The second-order valence-electron chi connectivity index (χ2n) is 5.95. The summed E-state index contributed by atoms with van der Waals surface area (Å²) >= 11 is 0. The van der Waals surface area contributed by atoms with Crippen molar-refractivity contribution >= 4 is 16.9 Å². The molecule has 0 spiro atoms. The molecule has 1 aliphatic heterocycles. The fraction of sp³-hybridized carbons (Fsp3) is 0.467. The highest BCUT2D eigenvalue weighted by atomic mass is 16.2. The molecule has 23 heavy (non-hydrogen) atoms. The molecule has 3 heterocycles. The lowest BCUT2D eigenvalue weighted by Crippen LogP contribution is -2.45. The van der Waals surface area contributed by atoms with Gasteiger partial charge in [-0.2, -0.15) is 0 Å². The molecule has 0 radical (unpaired) electrons. The number of hydrogen-bond acceptors (Lipinski definition) is 5. The average molecular weight is 317 g/mol. The highest BCUT2D eigenvalue weighted by molar-refractivity contribution is 5.96. The maximum atomic E-state index is 12.6. The lowest BCUT2D eigenvalue weighted by Gasteiger charge is -2.30. The molecule has 1 saturated heterocycles. The monoisotopic (exact) mass is 317 g/mol. The van der Waals surface area contributed by atoms with Crippen LogP contribution >= 0.6 is 0 Å². The quantitative estimate of drug-likeness (QED) is 0.741. The van der Waals surface area contributed by atoms with Crippen LogP contribution in [0.15, 0.2) is 21.9 Å². The molecule has 2 aromatic heterocycles. The number of piperidine rings is 1. The van der Waals surface area contributed by atoms with Gasteiger partial charge < -0.3 is 10.6 Å². The van der Waals surface area contributed by atoms with Gasteiger partial charge in [-0.05, 0) is 18.9 Å². The number of fused-ring (bicyclic) bond motifs is 1. The number of amides is 1. The van der Waals surface area contributed by atoms with E-state index >= 15 is 0 Å². The van der Waals surface area contributed by atoms with Gasteiger partial charge in [0, 0.05) is 39.4 Å². The summed E-state index contributed by atoms with van der Waals surface area (Å²) in [6.45, 7) is 1.15. The van der Waals surface area contributed by atoms with E-state index in [-0.39, 0.29) is 23.0 Å². The summed E-state index contributed by atoms with van der Waals surface area (Å²) in [6, 6.07) is 1.49. The Bertz CT molecular complexity index is 898. The molecule has 122 valence electrons. The van der Waals surface area contributed by atoms with Crippen molar-refractivity contribution in [3.05, 3.63) is 38.7 Å². The van der Waals surface area contributed by atoms with Crippen LogP contribution in [0.4, 0.5) is 0 Å². The van der Waals surface area contributed by atoms with Crippen LogP contribution in [-0.4, -0.2) is 44.1 Å². The number of carbonyl (C=O) groups is 1. The second-order valence-corrected chi connectivity index (χ2v) is 5.95. The number of rotatable bonds is 1. The molecule has 0 saturated carbocycles. The molecule has 1 fully saturated rings. The van der Waals surface area contributed by atoms with E-state index in [1.54, 1.807) is 11.9 Å². The first-order valence-electron chi connectivity index (χ1n) is 7.50. The number of pyridine rings is 1. The molecule has 8 nitrogen and oxygen atoms in total. The summed E-state index contributed by atoms with van der Waals surface area (Å²) in [4.78, 5) is 42.6. The minimum absolute atomic E-state index is 0.0187. The second kappa shape index (κ2) is 5.62. The largest absolute Gasteiger partial charge is 0.337 e. The first-order chi connectivity index (χ1) is 10.9. The van der Waals surface area contributed by atoms with Crippen LogP contribution < -0.4 is 17.0 Å². The molecule has 0 aromatic carbocycles. The van der Waals surface area contributed by atoms with Gasteiger partial charge in [0.1, 0.15) is 5.65 Å². The van der Waals surface area contributed by atoms with E-state index in [2.05, 4.69) is 4.98 Å². The maximum Gasteiger partial charge on any atom is 0.332 e. The van der Waals surface area contributed by atoms with Gasteiger partial charge in [-0.15, -0.1) is 0 Å². The van der Waals surface area contributed by atoms with Crippen LogP contribution in [0.1, 0.15) is 23.2 Å². The van der Waals surface area contributed by atoms with E-state index < -0.39 is 11.2 Å². The number of hydrogen-bond donors (Lipinski definition) is 1. The van der Waals surface area contributed by atoms with Crippen LogP contribution in [-0.2, 0) is 14.1 Å². The highest BCUT2D eigenvalue weighted by Gasteiger charge is 2.23. The fourth-order valence-electron chi connectivity index (χ4n) is 2.96. The lowest BCUT2D eigenvalue weighted by molar-refractivity contribution is 0.0708.